The number of non-ortho nitro benzene ring substituents is 1. The Morgan fingerprint density at radius 2 is 1.81 bits per heavy atom. The van der Waals surface area contributed by atoms with Crippen molar-refractivity contribution in [1.29, 1.82) is 0 Å². The lowest BCUT2D eigenvalue weighted by Crippen LogP contribution is -2.48. The molecule has 1 N–H and O–H groups in total. The van der Waals surface area contributed by atoms with Crippen LogP contribution in [0.15, 0.2) is 24.3 Å². The number of piperidine rings is 1. The Hall–Kier alpha value is -1.95. The van der Waals surface area contributed by atoms with Crippen molar-refractivity contribution < 1.29 is 9.72 Å². The fourth-order valence-corrected chi connectivity index (χ4v) is 3.53. The van der Waals surface area contributed by atoms with Crippen molar-refractivity contribution >= 4 is 11.6 Å². The van der Waals surface area contributed by atoms with E-state index < -0.39 is 4.92 Å². The van der Waals surface area contributed by atoms with Gasteiger partial charge in [-0.05, 0) is 44.9 Å². The van der Waals surface area contributed by atoms with Crippen LogP contribution in [-0.4, -0.2) is 40.9 Å². The molecule has 0 radical (unpaired) electrons. The molecule has 2 fully saturated rings. The van der Waals surface area contributed by atoms with E-state index in [9.17, 15) is 14.9 Å². The minimum absolute atomic E-state index is 0.00360. The van der Waals surface area contributed by atoms with E-state index in [4.69, 9.17) is 0 Å². The van der Waals surface area contributed by atoms with Gasteiger partial charge in [-0.1, -0.05) is 0 Å². The summed E-state index contributed by atoms with van der Waals surface area (Å²) in [5.74, 6) is -0.140. The van der Waals surface area contributed by atoms with Crippen LogP contribution in [0.1, 0.15) is 36.0 Å². The molecule has 3 rings (SSSR count). The standard InChI is InChI=1S/C15H19N3O3/c1-17-13-6-7-14(17)9-11(8-13)16-15(19)10-2-4-12(5-3-10)18(20)21/h2-5,11,13-14H,6-9H2,1H3,(H,16,19)/t13-,14-/m0/s1. The van der Waals surface area contributed by atoms with E-state index in [2.05, 4.69) is 17.3 Å². The van der Waals surface area contributed by atoms with Crippen molar-refractivity contribution in [2.24, 2.45) is 0 Å². The molecule has 1 amide bonds. The first-order valence-electron chi connectivity index (χ1n) is 7.32. The molecule has 2 atom stereocenters. The number of nitro groups is 1. The molecule has 0 spiro atoms. The molecule has 2 saturated heterocycles. The van der Waals surface area contributed by atoms with Crippen molar-refractivity contribution in [3.8, 4) is 0 Å². The molecule has 0 aromatic heterocycles. The van der Waals surface area contributed by atoms with Crippen LogP contribution in [0, 0.1) is 10.1 Å². The van der Waals surface area contributed by atoms with Crippen molar-refractivity contribution in [1.82, 2.24) is 10.2 Å². The van der Waals surface area contributed by atoms with Crippen LogP contribution < -0.4 is 5.32 Å². The highest BCUT2D eigenvalue weighted by Crippen LogP contribution is 2.34. The molecule has 21 heavy (non-hydrogen) atoms. The van der Waals surface area contributed by atoms with Gasteiger partial charge in [-0.2, -0.15) is 0 Å². The number of nitro benzene ring substituents is 1. The zero-order valence-electron chi connectivity index (χ0n) is 12.0. The van der Waals surface area contributed by atoms with Crippen molar-refractivity contribution in [2.75, 3.05) is 7.05 Å². The molecular weight excluding hydrogens is 270 g/mol. The van der Waals surface area contributed by atoms with E-state index in [1.165, 1.54) is 37.1 Å². The van der Waals surface area contributed by atoms with Crippen LogP contribution in [-0.2, 0) is 0 Å². The zero-order valence-corrected chi connectivity index (χ0v) is 12.0. The first-order chi connectivity index (χ1) is 10.0. The summed E-state index contributed by atoms with van der Waals surface area (Å²) in [5.41, 5.74) is 0.482. The van der Waals surface area contributed by atoms with E-state index in [1.54, 1.807) is 0 Å². The summed E-state index contributed by atoms with van der Waals surface area (Å²) in [6.45, 7) is 0. The minimum atomic E-state index is -0.462. The Labute approximate surface area is 123 Å². The first-order valence-corrected chi connectivity index (χ1v) is 7.32. The summed E-state index contributed by atoms with van der Waals surface area (Å²) in [5, 5.41) is 13.7. The Balaban J connectivity index is 1.63. The summed E-state index contributed by atoms with van der Waals surface area (Å²) in [4.78, 5) is 24.8. The van der Waals surface area contributed by atoms with Crippen LogP contribution in [0.2, 0.25) is 0 Å². The van der Waals surface area contributed by atoms with Crippen molar-refractivity contribution in [3.63, 3.8) is 0 Å². The largest absolute Gasteiger partial charge is 0.349 e. The van der Waals surface area contributed by atoms with Crippen LogP contribution in [0.3, 0.4) is 0 Å². The second-order valence-electron chi connectivity index (χ2n) is 6.00. The highest BCUT2D eigenvalue weighted by molar-refractivity contribution is 5.94. The number of nitrogens with one attached hydrogen (secondary N) is 1. The maximum atomic E-state index is 12.2. The molecule has 0 unspecified atom stereocenters. The number of benzene rings is 1. The molecule has 1 aromatic rings. The Morgan fingerprint density at radius 3 is 2.33 bits per heavy atom. The van der Waals surface area contributed by atoms with Gasteiger partial charge in [0.25, 0.3) is 11.6 Å². The monoisotopic (exact) mass is 289 g/mol. The number of hydrogen-bond donors (Lipinski definition) is 1. The number of fused-ring (bicyclic) bond motifs is 2. The normalized spacial score (nSPS) is 28.3. The maximum absolute atomic E-state index is 12.2. The quantitative estimate of drug-likeness (QED) is 0.681. The second kappa shape index (κ2) is 5.44. The molecule has 0 aliphatic carbocycles. The number of nitrogens with zero attached hydrogens (tertiary/aromatic N) is 2. The fraction of sp³-hybridized carbons (Fsp3) is 0.533. The van der Waals surface area contributed by atoms with Gasteiger partial charge in [0, 0.05) is 35.8 Å². The zero-order chi connectivity index (χ0) is 15.0. The Kier molecular flexibility index (Phi) is 3.63. The van der Waals surface area contributed by atoms with E-state index >= 15 is 0 Å². The van der Waals surface area contributed by atoms with Gasteiger partial charge < -0.3 is 10.2 Å². The number of amides is 1. The summed E-state index contributed by atoms with van der Waals surface area (Å²) < 4.78 is 0. The predicted octanol–water partition coefficient (Wildman–Crippen LogP) is 1.95. The third-order valence-corrected chi connectivity index (χ3v) is 4.77. The average molecular weight is 289 g/mol. The maximum Gasteiger partial charge on any atom is 0.269 e. The fourth-order valence-electron chi connectivity index (χ4n) is 3.53. The predicted molar refractivity (Wildman–Crippen MR) is 78.2 cm³/mol. The highest BCUT2D eigenvalue weighted by atomic mass is 16.6. The molecule has 112 valence electrons. The smallest absolute Gasteiger partial charge is 0.269 e. The first kappa shape index (κ1) is 14.0. The van der Waals surface area contributed by atoms with Gasteiger partial charge in [0.1, 0.15) is 0 Å². The molecule has 6 nitrogen and oxygen atoms in total. The number of carbonyl (C=O) groups is 1. The third-order valence-electron chi connectivity index (χ3n) is 4.77. The van der Waals surface area contributed by atoms with Crippen LogP contribution >= 0.6 is 0 Å². The van der Waals surface area contributed by atoms with Gasteiger partial charge >= 0.3 is 0 Å². The summed E-state index contributed by atoms with van der Waals surface area (Å²) in [6, 6.07) is 7.12. The van der Waals surface area contributed by atoms with Gasteiger partial charge in [-0.3, -0.25) is 14.9 Å². The lowest BCUT2D eigenvalue weighted by Gasteiger charge is -2.36. The van der Waals surface area contributed by atoms with Crippen LogP contribution in [0.25, 0.3) is 0 Å². The molecule has 6 heteroatoms. The second-order valence-corrected chi connectivity index (χ2v) is 6.00. The highest BCUT2D eigenvalue weighted by Gasteiger charge is 2.38. The minimum Gasteiger partial charge on any atom is -0.349 e. The molecule has 1 aromatic carbocycles. The molecule has 2 aliphatic rings. The summed E-state index contributed by atoms with van der Waals surface area (Å²) >= 11 is 0. The molecule has 2 aliphatic heterocycles. The van der Waals surface area contributed by atoms with Crippen LogP contribution in [0.5, 0.6) is 0 Å². The Bertz CT molecular complexity index is 544. The van der Waals surface area contributed by atoms with Gasteiger partial charge in [-0.15, -0.1) is 0 Å². The van der Waals surface area contributed by atoms with E-state index in [1.807, 2.05) is 0 Å². The van der Waals surface area contributed by atoms with Gasteiger partial charge in [0.15, 0.2) is 0 Å². The summed E-state index contributed by atoms with van der Waals surface area (Å²) in [6.07, 6.45) is 4.41. The van der Waals surface area contributed by atoms with Crippen LogP contribution in [0.4, 0.5) is 5.69 Å². The molecule has 2 bridgehead atoms. The van der Waals surface area contributed by atoms with Crippen molar-refractivity contribution in [3.05, 3.63) is 39.9 Å². The summed E-state index contributed by atoms with van der Waals surface area (Å²) in [7, 11) is 2.16. The SMILES string of the molecule is CN1[C@H]2CC[C@H]1CC(NC(=O)c1ccc([N+](=O)[O-])cc1)C2. The van der Waals surface area contributed by atoms with E-state index in [-0.39, 0.29) is 17.6 Å². The van der Waals surface area contributed by atoms with Gasteiger partial charge in [0.2, 0.25) is 0 Å². The number of hydrogen-bond acceptors (Lipinski definition) is 4. The number of rotatable bonds is 3. The van der Waals surface area contributed by atoms with E-state index in [0.717, 1.165) is 12.8 Å². The van der Waals surface area contributed by atoms with Gasteiger partial charge in [-0.25, -0.2) is 0 Å². The molecule has 2 heterocycles. The Morgan fingerprint density at radius 1 is 1.24 bits per heavy atom. The molecule has 0 saturated carbocycles. The lowest BCUT2D eigenvalue weighted by atomic mass is 9.97. The molecular formula is C15H19N3O3. The van der Waals surface area contributed by atoms with Gasteiger partial charge in [0.05, 0.1) is 4.92 Å². The van der Waals surface area contributed by atoms with E-state index in [0.29, 0.717) is 17.6 Å². The lowest BCUT2D eigenvalue weighted by molar-refractivity contribution is -0.384. The van der Waals surface area contributed by atoms with Crippen molar-refractivity contribution in [2.45, 2.75) is 43.8 Å². The topological polar surface area (TPSA) is 75.5 Å². The average Bonchev–Trinajstić information content (AvgIpc) is 2.69. The third kappa shape index (κ3) is 2.76. The number of carbonyl (C=O) groups excluding carboxylic acids is 1.